The molecule has 1 heterocycles. The van der Waals surface area contributed by atoms with Gasteiger partial charge in [-0.25, -0.2) is 0 Å². The lowest BCUT2D eigenvalue weighted by molar-refractivity contribution is -0.117. The van der Waals surface area contributed by atoms with Gasteiger partial charge < -0.3 is 4.90 Å². The second kappa shape index (κ2) is 11.1. The van der Waals surface area contributed by atoms with Crippen LogP contribution >= 0.6 is 24.2 Å². The molecule has 0 bridgehead atoms. The van der Waals surface area contributed by atoms with Gasteiger partial charge in [0, 0.05) is 25.4 Å². The Hall–Kier alpha value is -1.20. The van der Waals surface area contributed by atoms with Crippen LogP contribution in [0.25, 0.3) is 0 Å². The van der Waals surface area contributed by atoms with E-state index in [9.17, 15) is 4.79 Å². The number of unbranched alkanes of at least 4 members (excludes halogenated alkanes) is 1. The molecule has 1 amide bonds. The normalized spacial score (nSPS) is 21.6. The molecule has 4 nitrogen and oxygen atoms in total. The van der Waals surface area contributed by atoms with Gasteiger partial charge in [-0.05, 0) is 43.4 Å². The molecule has 0 aromatic heterocycles. The van der Waals surface area contributed by atoms with E-state index in [1.54, 1.807) is 18.7 Å². The quantitative estimate of drug-likeness (QED) is 0.606. The number of hydrogen-bond acceptors (Lipinski definition) is 3. The molecule has 2 fully saturated rings. The summed E-state index contributed by atoms with van der Waals surface area (Å²) in [6, 6.07) is 8.99. The first-order valence-corrected chi connectivity index (χ1v) is 11.4. The Morgan fingerprint density at radius 3 is 2.50 bits per heavy atom. The predicted octanol–water partition coefficient (Wildman–Crippen LogP) is 5.50. The van der Waals surface area contributed by atoms with E-state index in [0.717, 1.165) is 23.0 Å². The van der Waals surface area contributed by atoms with Crippen molar-refractivity contribution < 1.29 is 4.79 Å². The largest absolute Gasteiger partial charge is 0.333 e. The topological polar surface area (TPSA) is 35.9 Å². The van der Waals surface area contributed by atoms with Gasteiger partial charge >= 0.3 is 0 Å². The predicted molar refractivity (Wildman–Crippen MR) is 124 cm³/mol. The van der Waals surface area contributed by atoms with Crippen LogP contribution in [0, 0.1) is 0 Å². The van der Waals surface area contributed by atoms with Crippen molar-refractivity contribution in [2.24, 2.45) is 4.99 Å². The zero-order valence-corrected chi connectivity index (χ0v) is 19.0. The average molecular weight is 424 g/mol. The van der Waals surface area contributed by atoms with E-state index in [0.29, 0.717) is 6.04 Å². The molecule has 1 aromatic rings. The van der Waals surface area contributed by atoms with Gasteiger partial charge in [-0.2, -0.15) is 0 Å². The van der Waals surface area contributed by atoms with Gasteiger partial charge in [0.15, 0.2) is 5.17 Å². The number of rotatable bonds is 6. The molecular formula is C22H34ClN3OS. The van der Waals surface area contributed by atoms with Crippen molar-refractivity contribution in [1.29, 1.82) is 0 Å². The molecule has 0 radical (unpaired) electrons. The van der Waals surface area contributed by atoms with Crippen LogP contribution in [0.4, 0.5) is 5.69 Å². The molecule has 1 unspecified atom stereocenters. The number of hydrogen-bond donors (Lipinski definition) is 0. The van der Waals surface area contributed by atoms with Crippen molar-refractivity contribution in [3.63, 3.8) is 0 Å². The van der Waals surface area contributed by atoms with Crippen LogP contribution in [-0.2, 0) is 11.2 Å². The Bertz CT molecular complexity index is 658. The van der Waals surface area contributed by atoms with Crippen LogP contribution in [-0.4, -0.2) is 41.0 Å². The van der Waals surface area contributed by atoms with Gasteiger partial charge in [0.1, 0.15) is 6.17 Å². The summed E-state index contributed by atoms with van der Waals surface area (Å²) in [6.07, 6.45) is 9.90. The van der Waals surface area contributed by atoms with Crippen LogP contribution in [0.5, 0.6) is 0 Å². The highest BCUT2D eigenvalue weighted by atomic mass is 35.5. The van der Waals surface area contributed by atoms with Crippen LogP contribution < -0.4 is 4.90 Å². The first kappa shape index (κ1) is 23.1. The number of anilines is 1. The van der Waals surface area contributed by atoms with Crippen molar-refractivity contribution in [2.45, 2.75) is 77.4 Å². The first-order valence-electron chi connectivity index (χ1n) is 10.4. The summed E-state index contributed by atoms with van der Waals surface area (Å²) >= 11 is 1.79. The molecule has 1 aromatic carbocycles. The molecule has 1 saturated carbocycles. The summed E-state index contributed by atoms with van der Waals surface area (Å²) in [7, 11) is 2.08. The van der Waals surface area contributed by atoms with E-state index in [1.165, 1.54) is 50.5 Å². The minimum Gasteiger partial charge on any atom is -0.333 e. The summed E-state index contributed by atoms with van der Waals surface area (Å²) in [5.74, 6) is 0.965. The fourth-order valence-corrected chi connectivity index (χ4v) is 5.22. The first-order chi connectivity index (χ1) is 13.1. The van der Waals surface area contributed by atoms with Gasteiger partial charge in [-0.3, -0.25) is 14.7 Å². The van der Waals surface area contributed by atoms with E-state index < -0.39 is 0 Å². The highest BCUT2D eigenvalue weighted by molar-refractivity contribution is 8.14. The Balaban J connectivity index is 0.00000280. The standard InChI is InChI=1S/C22H33N3OS.ClH/c1-4-5-9-18-12-14-20(15-13-18)25(17(2)26)21-16-27-22(24(21)3)23-19-10-7-6-8-11-19;/h12-15,19,21H,4-11,16H2,1-3H3;1H. The fraction of sp³-hybridized carbons (Fsp3) is 0.636. The van der Waals surface area contributed by atoms with Gasteiger partial charge in [-0.1, -0.05) is 56.5 Å². The summed E-state index contributed by atoms with van der Waals surface area (Å²) in [5.41, 5.74) is 2.33. The van der Waals surface area contributed by atoms with Gasteiger partial charge in [-0.15, -0.1) is 12.4 Å². The second-order valence-corrected chi connectivity index (χ2v) is 8.75. The summed E-state index contributed by atoms with van der Waals surface area (Å²) < 4.78 is 0. The molecule has 156 valence electrons. The molecule has 0 N–H and O–H groups in total. The number of aryl methyl sites for hydroxylation is 1. The van der Waals surface area contributed by atoms with Crippen molar-refractivity contribution in [2.75, 3.05) is 17.7 Å². The number of carbonyl (C=O) groups is 1. The lowest BCUT2D eigenvalue weighted by atomic mass is 9.96. The van der Waals surface area contributed by atoms with E-state index >= 15 is 0 Å². The zero-order chi connectivity index (χ0) is 19.2. The van der Waals surface area contributed by atoms with Crippen LogP contribution in [0.3, 0.4) is 0 Å². The monoisotopic (exact) mass is 423 g/mol. The second-order valence-electron chi connectivity index (χ2n) is 7.77. The maximum absolute atomic E-state index is 12.5. The number of amides is 1. The third-order valence-electron chi connectivity index (χ3n) is 5.65. The lowest BCUT2D eigenvalue weighted by Gasteiger charge is -2.33. The number of nitrogens with zero attached hydrogens (tertiary/aromatic N) is 3. The molecule has 1 aliphatic carbocycles. The lowest BCUT2D eigenvalue weighted by Crippen LogP contribution is -2.48. The Labute approximate surface area is 180 Å². The number of carbonyl (C=O) groups excluding carboxylic acids is 1. The molecule has 0 spiro atoms. The molecular weight excluding hydrogens is 390 g/mol. The molecule has 1 atom stereocenters. The van der Waals surface area contributed by atoms with Gasteiger partial charge in [0.25, 0.3) is 0 Å². The van der Waals surface area contributed by atoms with Gasteiger partial charge in [0.05, 0.1) is 6.04 Å². The highest BCUT2D eigenvalue weighted by Crippen LogP contribution is 2.31. The molecule has 2 aliphatic rings. The van der Waals surface area contributed by atoms with E-state index in [2.05, 4.69) is 43.1 Å². The minimum atomic E-state index is 0. The number of benzene rings is 1. The molecule has 1 aliphatic heterocycles. The average Bonchev–Trinajstić information content (AvgIpc) is 3.02. The molecule has 3 rings (SSSR count). The van der Waals surface area contributed by atoms with Crippen LogP contribution in [0.2, 0.25) is 0 Å². The maximum atomic E-state index is 12.5. The zero-order valence-electron chi connectivity index (χ0n) is 17.4. The smallest absolute Gasteiger partial charge is 0.225 e. The Morgan fingerprint density at radius 2 is 1.89 bits per heavy atom. The third-order valence-corrected chi connectivity index (χ3v) is 6.77. The highest BCUT2D eigenvalue weighted by Gasteiger charge is 2.34. The Morgan fingerprint density at radius 1 is 1.21 bits per heavy atom. The molecule has 28 heavy (non-hydrogen) atoms. The summed E-state index contributed by atoms with van der Waals surface area (Å²) in [6.45, 7) is 3.88. The van der Waals surface area contributed by atoms with Crippen LogP contribution in [0.15, 0.2) is 29.3 Å². The van der Waals surface area contributed by atoms with Crippen molar-refractivity contribution >= 4 is 40.9 Å². The number of aliphatic imine (C=N–C) groups is 1. The fourth-order valence-electron chi connectivity index (χ4n) is 4.00. The van der Waals surface area contributed by atoms with Crippen molar-refractivity contribution in [3.05, 3.63) is 29.8 Å². The Kier molecular flexibility index (Phi) is 9.16. The molecule has 6 heteroatoms. The third kappa shape index (κ3) is 5.66. The molecule has 1 saturated heterocycles. The number of halogens is 1. The number of thioether (sulfide) groups is 1. The van der Waals surface area contributed by atoms with E-state index in [1.807, 2.05) is 4.90 Å². The SMILES string of the molecule is CCCCc1ccc(N(C(C)=O)C2CSC(=NC3CCCCC3)N2C)cc1.Cl. The van der Waals surface area contributed by atoms with Crippen LogP contribution in [0.1, 0.15) is 64.4 Å². The van der Waals surface area contributed by atoms with E-state index in [4.69, 9.17) is 4.99 Å². The van der Waals surface area contributed by atoms with Crippen molar-refractivity contribution in [3.8, 4) is 0 Å². The summed E-state index contributed by atoms with van der Waals surface area (Å²) in [4.78, 5) is 21.6. The van der Waals surface area contributed by atoms with E-state index in [-0.39, 0.29) is 24.5 Å². The van der Waals surface area contributed by atoms with Gasteiger partial charge in [0.2, 0.25) is 5.91 Å². The maximum Gasteiger partial charge on any atom is 0.225 e. The minimum absolute atomic E-state index is 0. The van der Waals surface area contributed by atoms with Crippen molar-refractivity contribution in [1.82, 2.24) is 4.90 Å². The number of amidine groups is 1. The summed E-state index contributed by atoms with van der Waals surface area (Å²) in [5, 5.41) is 1.10.